The van der Waals surface area contributed by atoms with Crippen molar-refractivity contribution in [2.75, 3.05) is 26.9 Å². The minimum Gasteiger partial charge on any atom is -0.380 e. The number of amides is 1. The van der Waals surface area contributed by atoms with Crippen LogP contribution in [0.15, 0.2) is 21.9 Å². The molecule has 0 radical (unpaired) electrons. The van der Waals surface area contributed by atoms with Gasteiger partial charge in [-0.05, 0) is 13.8 Å². The van der Waals surface area contributed by atoms with Crippen LogP contribution in [0.3, 0.4) is 0 Å². The predicted octanol–water partition coefficient (Wildman–Crippen LogP) is -0.440. The van der Waals surface area contributed by atoms with Crippen LogP contribution in [-0.4, -0.2) is 54.6 Å². The molecule has 10 nitrogen and oxygen atoms in total. The zero-order valence-corrected chi connectivity index (χ0v) is 14.8. The maximum atomic E-state index is 12.0. The van der Waals surface area contributed by atoms with E-state index in [1.54, 1.807) is 0 Å². The molecular formula is C15H25N3O7. The third-order valence-corrected chi connectivity index (χ3v) is 2.92. The van der Waals surface area contributed by atoms with Gasteiger partial charge in [-0.3, -0.25) is 24.0 Å². The van der Waals surface area contributed by atoms with Crippen LogP contribution in [0.4, 0.5) is 0 Å². The standard InChI is InChI=1S/C15H25N3O7/c1-10(2)23-7-12(8-24-17-11(3)19)25-14(9-22-4)18-6-5-13(20)16-15(18)21/h5-6,10,12,14H,7-9H2,1-4H3,(H,17,19)(H,16,20,21)/t12-,14+/m0/s1. The minimum atomic E-state index is -0.809. The highest BCUT2D eigenvalue weighted by atomic mass is 16.7. The van der Waals surface area contributed by atoms with Crippen LogP contribution in [0.25, 0.3) is 0 Å². The lowest BCUT2D eigenvalue weighted by atomic mass is 10.3. The molecule has 0 unspecified atom stereocenters. The van der Waals surface area contributed by atoms with Gasteiger partial charge in [-0.25, -0.2) is 10.3 Å². The van der Waals surface area contributed by atoms with Crippen molar-refractivity contribution in [2.45, 2.75) is 39.2 Å². The highest BCUT2D eigenvalue weighted by molar-refractivity contribution is 5.71. The van der Waals surface area contributed by atoms with Crippen molar-refractivity contribution in [2.24, 2.45) is 0 Å². The van der Waals surface area contributed by atoms with Crippen molar-refractivity contribution < 1.29 is 23.8 Å². The Morgan fingerprint density at radius 3 is 2.56 bits per heavy atom. The van der Waals surface area contributed by atoms with Crippen LogP contribution in [0, 0.1) is 0 Å². The molecule has 0 saturated carbocycles. The summed E-state index contributed by atoms with van der Waals surface area (Å²) >= 11 is 0. The Kier molecular flexibility index (Phi) is 9.06. The average molecular weight is 359 g/mol. The van der Waals surface area contributed by atoms with E-state index in [-0.39, 0.29) is 31.8 Å². The molecule has 142 valence electrons. The molecule has 2 N–H and O–H groups in total. The Balaban J connectivity index is 2.87. The summed E-state index contributed by atoms with van der Waals surface area (Å²) in [6.07, 6.45) is -0.118. The van der Waals surface area contributed by atoms with Crippen molar-refractivity contribution in [3.05, 3.63) is 33.1 Å². The van der Waals surface area contributed by atoms with Gasteiger partial charge in [-0.1, -0.05) is 0 Å². The number of hydroxylamine groups is 1. The minimum absolute atomic E-state index is 0.00458. The average Bonchev–Trinajstić information content (AvgIpc) is 2.51. The topological polar surface area (TPSA) is 121 Å². The van der Waals surface area contributed by atoms with E-state index in [0.717, 1.165) is 0 Å². The van der Waals surface area contributed by atoms with Gasteiger partial charge in [0.05, 0.1) is 19.3 Å². The van der Waals surface area contributed by atoms with E-state index in [2.05, 4.69) is 10.5 Å². The number of ether oxygens (including phenoxy) is 3. The molecule has 0 aromatic carbocycles. The smallest absolute Gasteiger partial charge is 0.330 e. The number of carbonyl (C=O) groups is 1. The van der Waals surface area contributed by atoms with E-state index in [4.69, 9.17) is 19.0 Å². The number of nitrogens with one attached hydrogen (secondary N) is 2. The normalized spacial score (nSPS) is 13.6. The van der Waals surface area contributed by atoms with E-state index in [1.807, 2.05) is 13.8 Å². The molecule has 1 heterocycles. The zero-order valence-electron chi connectivity index (χ0n) is 14.8. The number of hydrogen-bond donors (Lipinski definition) is 2. The van der Waals surface area contributed by atoms with Crippen LogP contribution in [0.2, 0.25) is 0 Å². The molecule has 1 rings (SSSR count). The molecule has 1 aromatic heterocycles. The molecule has 0 bridgehead atoms. The Morgan fingerprint density at radius 2 is 2.00 bits per heavy atom. The van der Waals surface area contributed by atoms with Gasteiger partial charge in [0.25, 0.3) is 5.56 Å². The SMILES string of the molecule is COC[C@@H](O[C@H](CONC(C)=O)COC(C)C)n1ccc(=O)[nH]c1=O. The summed E-state index contributed by atoms with van der Waals surface area (Å²) in [5, 5.41) is 0. The number of aromatic nitrogens is 2. The van der Waals surface area contributed by atoms with Gasteiger partial charge in [0.15, 0.2) is 6.23 Å². The number of rotatable bonds is 11. The van der Waals surface area contributed by atoms with Crippen molar-refractivity contribution >= 4 is 5.91 Å². The Morgan fingerprint density at radius 1 is 1.28 bits per heavy atom. The molecule has 10 heteroatoms. The lowest BCUT2D eigenvalue weighted by molar-refractivity contribution is -0.157. The zero-order chi connectivity index (χ0) is 18.8. The number of aromatic amines is 1. The van der Waals surface area contributed by atoms with Gasteiger partial charge in [0.2, 0.25) is 5.91 Å². The molecule has 2 atom stereocenters. The van der Waals surface area contributed by atoms with Gasteiger partial charge in [-0.15, -0.1) is 0 Å². The summed E-state index contributed by atoms with van der Waals surface area (Å²) in [5.41, 5.74) is 1.07. The van der Waals surface area contributed by atoms with E-state index in [0.29, 0.717) is 0 Å². The summed E-state index contributed by atoms with van der Waals surface area (Å²) in [4.78, 5) is 41.3. The van der Waals surface area contributed by atoms with Gasteiger partial charge in [0.1, 0.15) is 12.7 Å². The highest BCUT2D eigenvalue weighted by Crippen LogP contribution is 2.11. The maximum Gasteiger partial charge on any atom is 0.330 e. The Labute approximate surface area is 145 Å². The Bertz CT molecular complexity index is 641. The second kappa shape index (κ2) is 10.8. The first-order valence-electron chi connectivity index (χ1n) is 7.79. The fourth-order valence-corrected chi connectivity index (χ4v) is 1.87. The van der Waals surface area contributed by atoms with Crippen molar-refractivity contribution in [3.63, 3.8) is 0 Å². The molecule has 0 fully saturated rings. The van der Waals surface area contributed by atoms with E-state index in [1.165, 1.54) is 30.9 Å². The van der Waals surface area contributed by atoms with E-state index >= 15 is 0 Å². The van der Waals surface area contributed by atoms with Crippen molar-refractivity contribution in [1.29, 1.82) is 0 Å². The monoisotopic (exact) mass is 359 g/mol. The molecule has 25 heavy (non-hydrogen) atoms. The van der Waals surface area contributed by atoms with Crippen LogP contribution in [0.1, 0.15) is 27.0 Å². The summed E-state index contributed by atoms with van der Waals surface area (Å²) in [7, 11) is 1.46. The van der Waals surface area contributed by atoms with E-state index in [9.17, 15) is 14.4 Å². The summed E-state index contributed by atoms with van der Waals surface area (Å²) in [5.74, 6) is -0.353. The first kappa shape index (κ1) is 21.0. The van der Waals surface area contributed by atoms with Crippen molar-refractivity contribution in [1.82, 2.24) is 15.0 Å². The lowest BCUT2D eigenvalue weighted by Crippen LogP contribution is -2.39. The molecule has 0 spiro atoms. The second-order valence-electron chi connectivity index (χ2n) is 5.54. The van der Waals surface area contributed by atoms with Crippen LogP contribution >= 0.6 is 0 Å². The third-order valence-electron chi connectivity index (χ3n) is 2.92. The van der Waals surface area contributed by atoms with Gasteiger partial charge < -0.3 is 14.2 Å². The summed E-state index contributed by atoms with van der Waals surface area (Å²) in [6, 6.07) is 1.21. The molecule has 0 aliphatic heterocycles. The molecule has 0 aliphatic rings. The fraction of sp³-hybridized carbons (Fsp3) is 0.667. The maximum absolute atomic E-state index is 12.0. The van der Waals surface area contributed by atoms with Gasteiger partial charge >= 0.3 is 5.69 Å². The number of nitrogens with zero attached hydrogens (tertiary/aromatic N) is 1. The third kappa shape index (κ3) is 8.07. The number of H-pyrrole nitrogens is 1. The highest BCUT2D eigenvalue weighted by Gasteiger charge is 2.21. The quantitative estimate of drug-likeness (QED) is 0.514. The van der Waals surface area contributed by atoms with Gasteiger partial charge in [0, 0.05) is 26.3 Å². The van der Waals surface area contributed by atoms with E-state index < -0.39 is 23.6 Å². The molecular weight excluding hydrogens is 334 g/mol. The number of carbonyl (C=O) groups excluding carboxylic acids is 1. The Hall–Kier alpha value is -2.01. The molecule has 0 saturated heterocycles. The summed E-state index contributed by atoms with van der Waals surface area (Å²) < 4.78 is 17.7. The van der Waals surface area contributed by atoms with Crippen LogP contribution in [-0.2, 0) is 23.8 Å². The fourth-order valence-electron chi connectivity index (χ4n) is 1.87. The predicted molar refractivity (Wildman–Crippen MR) is 88.0 cm³/mol. The van der Waals surface area contributed by atoms with Crippen LogP contribution < -0.4 is 16.7 Å². The first-order valence-corrected chi connectivity index (χ1v) is 7.79. The van der Waals surface area contributed by atoms with Crippen LogP contribution in [0.5, 0.6) is 0 Å². The molecule has 0 aliphatic carbocycles. The van der Waals surface area contributed by atoms with Crippen molar-refractivity contribution in [3.8, 4) is 0 Å². The summed E-state index contributed by atoms with van der Waals surface area (Å²) in [6.45, 7) is 5.29. The second-order valence-corrected chi connectivity index (χ2v) is 5.54. The molecule has 1 aromatic rings. The number of methoxy groups -OCH3 is 1. The first-order chi connectivity index (χ1) is 11.8. The van der Waals surface area contributed by atoms with Gasteiger partial charge in [-0.2, -0.15) is 0 Å². The molecule has 1 amide bonds. The largest absolute Gasteiger partial charge is 0.380 e. The lowest BCUT2D eigenvalue weighted by Gasteiger charge is -2.26. The number of hydrogen-bond acceptors (Lipinski definition) is 7.